The molecule has 2 aromatic rings. The largest absolute Gasteiger partial charge is 0.465 e. The number of nitrogens with one attached hydrogen (secondary N) is 2. The highest BCUT2D eigenvalue weighted by molar-refractivity contribution is 7.80. The lowest BCUT2D eigenvalue weighted by atomic mass is 10.2. The van der Waals surface area contributed by atoms with Gasteiger partial charge in [0.05, 0.1) is 12.7 Å². The lowest BCUT2D eigenvalue weighted by Gasteiger charge is -2.11. The van der Waals surface area contributed by atoms with Crippen molar-refractivity contribution in [3.63, 3.8) is 0 Å². The minimum Gasteiger partial charge on any atom is -0.465 e. The molecule has 0 radical (unpaired) electrons. The van der Waals surface area contributed by atoms with E-state index in [1.165, 1.54) is 24.5 Å². The molecule has 0 aliphatic heterocycles. The molecule has 0 bridgehead atoms. The Morgan fingerprint density at radius 1 is 1.35 bits per heavy atom. The van der Waals surface area contributed by atoms with Crippen LogP contribution in [0.15, 0.2) is 24.3 Å². The normalized spacial score (nSPS) is 10.3. The molecule has 2 rings (SSSR count). The summed E-state index contributed by atoms with van der Waals surface area (Å²) in [7, 11) is 1.33. The summed E-state index contributed by atoms with van der Waals surface area (Å²) in [5.41, 5.74) is 1.54. The van der Waals surface area contributed by atoms with E-state index in [2.05, 4.69) is 10.6 Å². The van der Waals surface area contributed by atoms with Gasteiger partial charge in [0.15, 0.2) is 5.11 Å². The van der Waals surface area contributed by atoms with Crippen molar-refractivity contribution in [2.24, 2.45) is 0 Å². The van der Waals surface area contributed by atoms with Crippen molar-refractivity contribution >= 4 is 45.3 Å². The molecule has 4 nitrogen and oxygen atoms in total. The van der Waals surface area contributed by atoms with Gasteiger partial charge in [0.25, 0.3) is 0 Å². The van der Waals surface area contributed by atoms with Crippen molar-refractivity contribution < 1.29 is 13.9 Å². The molecule has 0 unspecified atom stereocenters. The average molecular weight is 352 g/mol. The topological polar surface area (TPSA) is 50.4 Å². The number of ether oxygens (including phenoxy) is 1. The molecule has 1 heterocycles. The molecule has 0 saturated heterocycles. The van der Waals surface area contributed by atoms with Crippen LogP contribution in [-0.2, 0) is 11.2 Å². The van der Waals surface area contributed by atoms with Crippen LogP contribution in [-0.4, -0.2) is 18.2 Å². The fraction of sp³-hybridized carbons (Fsp3) is 0.250. The highest BCUT2D eigenvalue weighted by Gasteiger charge is 2.17. The number of hydrogen-bond acceptors (Lipinski definition) is 4. The number of aryl methyl sites for hydroxylation is 2. The van der Waals surface area contributed by atoms with Crippen LogP contribution < -0.4 is 10.6 Å². The van der Waals surface area contributed by atoms with Gasteiger partial charge in [-0.3, -0.25) is 0 Å². The first kappa shape index (κ1) is 17.4. The van der Waals surface area contributed by atoms with Crippen molar-refractivity contribution in [1.82, 2.24) is 0 Å². The molecule has 0 amide bonds. The van der Waals surface area contributed by atoms with E-state index in [0.29, 0.717) is 21.8 Å². The van der Waals surface area contributed by atoms with E-state index in [1.807, 2.05) is 6.92 Å². The summed E-state index contributed by atoms with van der Waals surface area (Å²) < 4.78 is 18.3. The Kier molecular flexibility index (Phi) is 5.68. The van der Waals surface area contributed by atoms with Crippen LogP contribution in [0.3, 0.4) is 0 Å². The Bertz CT molecular complexity index is 744. The quantitative estimate of drug-likeness (QED) is 0.633. The molecular weight excluding hydrogens is 335 g/mol. The number of rotatable bonds is 4. The summed E-state index contributed by atoms with van der Waals surface area (Å²) >= 11 is 6.67. The van der Waals surface area contributed by atoms with Gasteiger partial charge < -0.3 is 15.4 Å². The Labute approximate surface area is 143 Å². The van der Waals surface area contributed by atoms with Gasteiger partial charge >= 0.3 is 5.97 Å². The molecule has 1 aromatic heterocycles. The van der Waals surface area contributed by atoms with Gasteiger partial charge in [0.2, 0.25) is 0 Å². The first-order valence-electron chi connectivity index (χ1n) is 6.99. The molecule has 0 atom stereocenters. The van der Waals surface area contributed by atoms with Crippen LogP contribution in [0, 0.1) is 12.7 Å². The van der Waals surface area contributed by atoms with E-state index >= 15 is 0 Å². The number of methoxy groups -OCH3 is 1. The van der Waals surface area contributed by atoms with E-state index < -0.39 is 5.97 Å². The second kappa shape index (κ2) is 7.52. The highest BCUT2D eigenvalue weighted by atomic mass is 32.1. The second-order valence-electron chi connectivity index (χ2n) is 4.84. The van der Waals surface area contributed by atoms with Crippen molar-refractivity contribution in [2.75, 3.05) is 17.7 Å². The number of thiocarbonyl (C=S) groups is 1. The van der Waals surface area contributed by atoms with E-state index in [9.17, 15) is 9.18 Å². The van der Waals surface area contributed by atoms with E-state index in [-0.39, 0.29) is 10.9 Å². The predicted molar refractivity (Wildman–Crippen MR) is 96.0 cm³/mol. The number of esters is 1. The summed E-state index contributed by atoms with van der Waals surface area (Å²) in [6.07, 6.45) is 0.805. The summed E-state index contributed by atoms with van der Waals surface area (Å²) in [6.45, 7) is 3.69. The Morgan fingerprint density at radius 3 is 2.70 bits per heavy atom. The summed E-state index contributed by atoms with van der Waals surface area (Å²) in [4.78, 5) is 12.9. The van der Waals surface area contributed by atoms with E-state index in [4.69, 9.17) is 17.0 Å². The third-order valence-electron chi connectivity index (χ3n) is 3.19. The average Bonchev–Trinajstić information content (AvgIpc) is 2.93. The zero-order valence-electron chi connectivity index (χ0n) is 13.0. The zero-order chi connectivity index (χ0) is 17.0. The van der Waals surface area contributed by atoms with Crippen LogP contribution in [0.25, 0.3) is 0 Å². The number of anilines is 2. The molecule has 7 heteroatoms. The fourth-order valence-electron chi connectivity index (χ4n) is 1.91. The van der Waals surface area contributed by atoms with Gasteiger partial charge in [-0.2, -0.15) is 0 Å². The molecule has 0 aliphatic rings. The molecule has 23 heavy (non-hydrogen) atoms. The van der Waals surface area contributed by atoms with E-state index in [1.54, 1.807) is 25.1 Å². The number of hydrogen-bond donors (Lipinski definition) is 2. The first-order chi connectivity index (χ1) is 10.9. The minimum absolute atomic E-state index is 0.280. The molecule has 122 valence electrons. The lowest BCUT2D eigenvalue weighted by Crippen LogP contribution is -2.20. The minimum atomic E-state index is -0.423. The summed E-state index contributed by atoms with van der Waals surface area (Å²) in [5, 5.41) is 6.77. The molecule has 2 N–H and O–H groups in total. The van der Waals surface area contributed by atoms with Gasteiger partial charge in [-0.1, -0.05) is 13.0 Å². The highest BCUT2D eigenvalue weighted by Crippen LogP contribution is 2.29. The van der Waals surface area contributed by atoms with Gasteiger partial charge in [-0.25, -0.2) is 9.18 Å². The number of carbonyl (C=O) groups is 1. The number of carbonyl (C=O) groups excluding carboxylic acids is 1. The second-order valence-corrected chi connectivity index (χ2v) is 6.39. The van der Waals surface area contributed by atoms with Crippen LogP contribution >= 0.6 is 23.6 Å². The number of benzene rings is 1. The first-order valence-corrected chi connectivity index (χ1v) is 8.22. The van der Waals surface area contributed by atoms with E-state index in [0.717, 1.165) is 11.3 Å². The van der Waals surface area contributed by atoms with Crippen molar-refractivity contribution in [3.05, 3.63) is 46.1 Å². The molecule has 1 aromatic carbocycles. The smallest absolute Gasteiger partial charge is 0.340 e. The molecule has 0 fully saturated rings. The molecule has 0 spiro atoms. The molecule has 0 saturated carbocycles. The Morgan fingerprint density at radius 2 is 2.09 bits per heavy atom. The predicted octanol–water partition coefficient (Wildman–Crippen LogP) is 4.35. The SMILES string of the molecule is CCc1cc(C(=O)OC)c(NC(=S)Nc2ccc(C)c(F)c2)s1. The maximum Gasteiger partial charge on any atom is 0.340 e. The van der Waals surface area contributed by atoms with Crippen LogP contribution in [0.2, 0.25) is 0 Å². The van der Waals surface area contributed by atoms with Gasteiger partial charge in [0.1, 0.15) is 10.8 Å². The lowest BCUT2D eigenvalue weighted by molar-refractivity contribution is 0.0602. The third kappa shape index (κ3) is 4.27. The summed E-state index contributed by atoms with van der Waals surface area (Å²) in [5.74, 6) is -0.731. The Hall–Kier alpha value is -1.99. The maximum atomic E-state index is 13.6. The Balaban J connectivity index is 2.14. The molecule has 0 aliphatic carbocycles. The van der Waals surface area contributed by atoms with Crippen molar-refractivity contribution in [1.29, 1.82) is 0 Å². The van der Waals surface area contributed by atoms with Crippen LogP contribution in [0.1, 0.15) is 27.7 Å². The maximum absolute atomic E-state index is 13.6. The van der Waals surface area contributed by atoms with Gasteiger partial charge in [-0.15, -0.1) is 11.3 Å². The van der Waals surface area contributed by atoms with Crippen LogP contribution in [0.4, 0.5) is 15.1 Å². The van der Waals surface area contributed by atoms with Gasteiger partial charge in [-0.05, 0) is 49.3 Å². The standard InChI is InChI=1S/C16H17FN2O2S2/c1-4-11-8-12(15(20)21-3)14(23-11)19-16(22)18-10-6-5-9(2)13(17)7-10/h5-8H,4H2,1-3H3,(H2,18,19,22). The molecular formula is C16H17FN2O2S2. The van der Waals surface area contributed by atoms with Crippen molar-refractivity contribution in [2.45, 2.75) is 20.3 Å². The summed E-state index contributed by atoms with van der Waals surface area (Å²) in [6, 6.07) is 6.56. The zero-order valence-corrected chi connectivity index (χ0v) is 14.7. The number of thiophene rings is 1. The third-order valence-corrected chi connectivity index (χ3v) is 4.59. The monoisotopic (exact) mass is 352 g/mol. The van der Waals surface area contributed by atoms with Gasteiger partial charge in [0, 0.05) is 10.6 Å². The number of halogens is 1. The fourth-order valence-corrected chi connectivity index (χ4v) is 3.18. The van der Waals surface area contributed by atoms with Crippen LogP contribution in [0.5, 0.6) is 0 Å². The van der Waals surface area contributed by atoms with Crippen molar-refractivity contribution in [3.8, 4) is 0 Å².